The normalized spacial score (nSPS) is 16.0. The first-order chi connectivity index (χ1) is 11.6. The van der Waals surface area contributed by atoms with E-state index in [1.807, 2.05) is 12.1 Å². The lowest BCUT2D eigenvalue weighted by atomic mass is 10.1. The number of rotatable bonds is 6. The van der Waals surface area contributed by atoms with Crippen molar-refractivity contribution in [2.45, 2.75) is 25.8 Å². The molecule has 2 aromatic carbocycles. The van der Waals surface area contributed by atoms with Gasteiger partial charge in [0, 0.05) is 23.9 Å². The number of nitro groups is 1. The summed E-state index contributed by atoms with van der Waals surface area (Å²) in [5.74, 6) is 0. The third-order valence-corrected chi connectivity index (χ3v) is 4.58. The largest absolute Gasteiger partial charge is 0.377 e. The molecule has 0 bridgehead atoms. The highest BCUT2D eigenvalue weighted by Gasteiger charge is 2.19. The van der Waals surface area contributed by atoms with Crippen molar-refractivity contribution in [3.05, 3.63) is 69.8 Å². The maximum Gasteiger partial charge on any atom is 0.272 e. The molecule has 0 saturated carbocycles. The van der Waals surface area contributed by atoms with Gasteiger partial charge >= 0.3 is 0 Å². The molecule has 1 heterocycles. The van der Waals surface area contributed by atoms with E-state index in [1.54, 1.807) is 19.1 Å². The van der Waals surface area contributed by atoms with Crippen LogP contribution in [0.1, 0.15) is 30.0 Å². The van der Waals surface area contributed by atoms with Crippen molar-refractivity contribution < 1.29 is 4.92 Å². The molecule has 1 saturated heterocycles. The fourth-order valence-corrected chi connectivity index (χ4v) is 3.29. The van der Waals surface area contributed by atoms with Gasteiger partial charge in [-0.2, -0.15) is 0 Å². The van der Waals surface area contributed by atoms with Crippen molar-refractivity contribution in [2.24, 2.45) is 0 Å². The quantitative estimate of drug-likeness (QED) is 0.640. The first kappa shape index (κ1) is 16.5. The van der Waals surface area contributed by atoms with E-state index in [0.717, 1.165) is 25.3 Å². The molecule has 1 N–H and O–H groups in total. The predicted molar refractivity (Wildman–Crippen MR) is 96.3 cm³/mol. The molecule has 0 aliphatic carbocycles. The van der Waals surface area contributed by atoms with Crippen LogP contribution >= 0.6 is 0 Å². The lowest BCUT2D eigenvalue weighted by Crippen LogP contribution is -2.29. The highest BCUT2D eigenvalue weighted by atomic mass is 16.6. The van der Waals surface area contributed by atoms with Crippen LogP contribution in [0.4, 0.5) is 11.4 Å². The van der Waals surface area contributed by atoms with E-state index in [1.165, 1.54) is 18.4 Å². The average molecular weight is 325 g/mol. The highest BCUT2D eigenvalue weighted by Crippen LogP contribution is 2.26. The van der Waals surface area contributed by atoms with Crippen molar-refractivity contribution in [1.29, 1.82) is 0 Å². The molecular formula is C19H23N3O2. The highest BCUT2D eigenvalue weighted by molar-refractivity contribution is 5.54. The number of nitro benzene ring substituents is 1. The average Bonchev–Trinajstić information content (AvgIpc) is 3.08. The van der Waals surface area contributed by atoms with Crippen LogP contribution in [-0.4, -0.2) is 29.5 Å². The van der Waals surface area contributed by atoms with E-state index in [9.17, 15) is 10.1 Å². The molecule has 3 rings (SSSR count). The summed E-state index contributed by atoms with van der Waals surface area (Å²) >= 11 is 0. The van der Waals surface area contributed by atoms with Gasteiger partial charge in [-0.05, 0) is 50.6 Å². The Hall–Kier alpha value is -2.40. The molecule has 0 spiro atoms. The lowest BCUT2D eigenvalue weighted by Gasteiger charge is -2.26. The van der Waals surface area contributed by atoms with Gasteiger partial charge in [0.05, 0.1) is 11.0 Å². The van der Waals surface area contributed by atoms with E-state index in [2.05, 4.69) is 34.5 Å². The van der Waals surface area contributed by atoms with Crippen molar-refractivity contribution in [3.63, 3.8) is 0 Å². The summed E-state index contributed by atoms with van der Waals surface area (Å²) in [5.41, 5.74) is 3.00. The number of aryl methyl sites for hydroxylation is 1. The zero-order chi connectivity index (χ0) is 16.9. The van der Waals surface area contributed by atoms with Gasteiger partial charge < -0.3 is 10.2 Å². The molecule has 0 aromatic heterocycles. The summed E-state index contributed by atoms with van der Waals surface area (Å²) in [4.78, 5) is 13.1. The summed E-state index contributed by atoms with van der Waals surface area (Å²) in [6, 6.07) is 15.8. The van der Waals surface area contributed by atoms with Crippen molar-refractivity contribution in [1.82, 2.24) is 4.90 Å². The van der Waals surface area contributed by atoms with E-state index < -0.39 is 0 Å². The third kappa shape index (κ3) is 3.92. The van der Waals surface area contributed by atoms with Crippen LogP contribution < -0.4 is 5.32 Å². The topological polar surface area (TPSA) is 58.4 Å². The Balaban J connectivity index is 1.80. The van der Waals surface area contributed by atoms with Crippen molar-refractivity contribution in [2.75, 3.05) is 25.0 Å². The molecule has 126 valence electrons. The van der Waals surface area contributed by atoms with Gasteiger partial charge in [-0.25, -0.2) is 0 Å². The fraction of sp³-hybridized carbons (Fsp3) is 0.368. The fourth-order valence-electron chi connectivity index (χ4n) is 3.29. The van der Waals surface area contributed by atoms with Gasteiger partial charge in [0.1, 0.15) is 0 Å². The molecule has 1 atom stereocenters. The maximum atomic E-state index is 11.0. The van der Waals surface area contributed by atoms with Gasteiger partial charge in [-0.1, -0.05) is 30.3 Å². The summed E-state index contributed by atoms with van der Waals surface area (Å²) in [6.07, 6.45) is 2.52. The van der Waals surface area contributed by atoms with Crippen LogP contribution in [0.2, 0.25) is 0 Å². The molecule has 0 radical (unpaired) electrons. The zero-order valence-electron chi connectivity index (χ0n) is 13.9. The summed E-state index contributed by atoms with van der Waals surface area (Å²) in [7, 11) is 0. The smallest absolute Gasteiger partial charge is 0.272 e. The third-order valence-electron chi connectivity index (χ3n) is 4.58. The second-order valence-electron chi connectivity index (χ2n) is 6.37. The maximum absolute atomic E-state index is 11.0. The molecule has 24 heavy (non-hydrogen) atoms. The Kier molecular flexibility index (Phi) is 5.11. The van der Waals surface area contributed by atoms with Gasteiger partial charge in [-0.3, -0.25) is 10.1 Å². The van der Waals surface area contributed by atoms with E-state index >= 15 is 0 Å². The minimum Gasteiger partial charge on any atom is -0.377 e. The molecule has 0 amide bonds. The van der Waals surface area contributed by atoms with Gasteiger partial charge in [0.15, 0.2) is 0 Å². The van der Waals surface area contributed by atoms with E-state index in [4.69, 9.17) is 0 Å². The SMILES string of the molecule is Cc1cc(NC(CN2CCCC2)c2ccccc2)ccc1[N+](=O)[O-]. The minimum absolute atomic E-state index is 0.163. The van der Waals surface area contributed by atoms with Crippen LogP contribution in [0.5, 0.6) is 0 Å². The Labute approximate surface area is 142 Å². The second-order valence-corrected chi connectivity index (χ2v) is 6.37. The standard InChI is InChI=1S/C19H23N3O2/c1-15-13-17(9-10-19(15)22(23)24)20-18(14-21-11-5-6-12-21)16-7-3-2-4-8-16/h2-4,7-10,13,18,20H,5-6,11-12,14H2,1H3. The molecular weight excluding hydrogens is 302 g/mol. The lowest BCUT2D eigenvalue weighted by molar-refractivity contribution is -0.385. The first-order valence-electron chi connectivity index (χ1n) is 8.42. The van der Waals surface area contributed by atoms with Crippen LogP contribution in [-0.2, 0) is 0 Å². The Bertz CT molecular complexity index is 697. The number of benzene rings is 2. The van der Waals surface area contributed by atoms with Crippen LogP contribution in [0, 0.1) is 17.0 Å². The molecule has 1 aliphatic rings. The monoisotopic (exact) mass is 325 g/mol. The zero-order valence-corrected chi connectivity index (χ0v) is 13.9. The second kappa shape index (κ2) is 7.45. The van der Waals surface area contributed by atoms with Crippen LogP contribution in [0.15, 0.2) is 48.5 Å². The molecule has 1 fully saturated rings. The van der Waals surface area contributed by atoms with E-state index in [0.29, 0.717) is 5.56 Å². The number of anilines is 1. The number of nitrogens with zero attached hydrogens (tertiary/aromatic N) is 2. The number of nitrogens with one attached hydrogen (secondary N) is 1. The molecule has 2 aromatic rings. The van der Waals surface area contributed by atoms with Crippen LogP contribution in [0.3, 0.4) is 0 Å². The van der Waals surface area contributed by atoms with Gasteiger partial charge in [0.25, 0.3) is 5.69 Å². The Morgan fingerprint density at radius 3 is 2.50 bits per heavy atom. The van der Waals surface area contributed by atoms with Gasteiger partial charge in [0.2, 0.25) is 0 Å². The molecule has 1 unspecified atom stereocenters. The Morgan fingerprint density at radius 1 is 1.17 bits per heavy atom. The summed E-state index contributed by atoms with van der Waals surface area (Å²) < 4.78 is 0. The Morgan fingerprint density at radius 2 is 1.88 bits per heavy atom. The number of likely N-dealkylation sites (tertiary alicyclic amines) is 1. The summed E-state index contributed by atoms with van der Waals surface area (Å²) in [5, 5.41) is 14.6. The van der Waals surface area contributed by atoms with Crippen molar-refractivity contribution in [3.8, 4) is 0 Å². The van der Waals surface area contributed by atoms with Crippen molar-refractivity contribution >= 4 is 11.4 Å². The molecule has 1 aliphatic heterocycles. The molecule has 5 heteroatoms. The predicted octanol–water partition coefficient (Wildman–Crippen LogP) is 4.15. The molecule has 5 nitrogen and oxygen atoms in total. The van der Waals surface area contributed by atoms with Crippen LogP contribution in [0.25, 0.3) is 0 Å². The van der Waals surface area contributed by atoms with Gasteiger partial charge in [-0.15, -0.1) is 0 Å². The first-order valence-corrected chi connectivity index (χ1v) is 8.42. The minimum atomic E-state index is -0.335. The number of hydrogen-bond donors (Lipinski definition) is 1. The number of hydrogen-bond acceptors (Lipinski definition) is 4. The van der Waals surface area contributed by atoms with E-state index in [-0.39, 0.29) is 16.7 Å². The summed E-state index contributed by atoms with van der Waals surface area (Å²) in [6.45, 7) is 5.01.